The van der Waals surface area contributed by atoms with Gasteiger partial charge in [-0.05, 0) is 39.5 Å². The van der Waals surface area contributed by atoms with Gasteiger partial charge in [-0.25, -0.2) is 4.98 Å². The Morgan fingerprint density at radius 2 is 1.65 bits per heavy atom. The smallest absolute Gasteiger partial charge is 0.391 e. The molecule has 2 rings (SSSR count). The molecule has 0 unspecified atom stereocenters. The Kier molecular flexibility index (Phi) is 4.15. The molecule has 1 aliphatic rings. The third-order valence-electron chi connectivity index (χ3n) is 3.51. The number of nitrogens with zero attached hydrogens (tertiary/aromatic N) is 2. The molecule has 3 nitrogen and oxygen atoms in total. The van der Waals surface area contributed by atoms with Crippen molar-refractivity contribution in [3.05, 3.63) is 17.3 Å². The fourth-order valence-corrected chi connectivity index (χ4v) is 2.41. The van der Waals surface area contributed by atoms with Gasteiger partial charge in [0.2, 0.25) is 5.82 Å². The molecular weight excluding hydrogens is 276 g/mol. The highest BCUT2D eigenvalue weighted by Crippen LogP contribution is 2.38. The van der Waals surface area contributed by atoms with Crippen LogP contribution in [0, 0.1) is 25.6 Å². The summed E-state index contributed by atoms with van der Waals surface area (Å²) in [4.78, 5) is 7.72. The van der Waals surface area contributed by atoms with Gasteiger partial charge in [-0.3, -0.25) is 0 Å². The molecule has 0 atom stereocenters. The summed E-state index contributed by atoms with van der Waals surface area (Å²) < 4.78 is 56.8. The number of hydrogen-bond acceptors (Lipinski definition) is 3. The third-order valence-corrected chi connectivity index (χ3v) is 3.51. The van der Waals surface area contributed by atoms with Crippen LogP contribution in [0.4, 0.5) is 17.6 Å². The Hall–Kier alpha value is -1.40. The van der Waals surface area contributed by atoms with Crippen LogP contribution in [0.25, 0.3) is 0 Å². The van der Waals surface area contributed by atoms with Crippen molar-refractivity contribution in [1.82, 2.24) is 9.97 Å². The first-order valence-corrected chi connectivity index (χ1v) is 6.51. The van der Waals surface area contributed by atoms with Crippen LogP contribution in [0.5, 0.6) is 5.88 Å². The molecule has 0 radical (unpaired) electrons. The van der Waals surface area contributed by atoms with E-state index in [0.717, 1.165) is 0 Å². The molecule has 20 heavy (non-hydrogen) atoms. The van der Waals surface area contributed by atoms with Gasteiger partial charge in [0.05, 0.1) is 11.6 Å². The Bertz CT molecular complexity index is 482. The van der Waals surface area contributed by atoms with Crippen LogP contribution < -0.4 is 4.74 Å². The summed E-state index contributed by atoms with van der Waals surface area (Å²) in [6.07, 6.45) is -4.04. The molecule has 0 aliphatic heterocycles. The largest absolute Gasteiger partial charge is 0.472 e. The molecule has 0 spiro atoms. The van der Waals surface area contributed by atoms with E-state index in [2.05, 4.69) is 9.97 Å². The van der Waals surface area contributed by atoms with Crippen LogP contribution in [0.2, 0.25) is 0 Å². The lowest BCUT2D eigenvalue weighted by Crippen LogP contribution is -2.32. The van der Waals surface area contributed by atoms with Crippen molar-refractivity contribution < 1.29 is 22.3 Å². The number of aryl methyl sites for hydroxylation is 2. The number of aromatic nitrogens is 2. The van der Waals surface area contributed by atoms with Crippen molar-refractivity contribution in [1.29, 1.82) is 0 Å². The topological polar surface area (TPSA) is 35.0 Å². The zero-order valence-electron chi connectivity index (χ0n) is 11.3. The van der Waals surface area contributed by atoms with Gasteiger partial charge in [-0.2, -0.15) is 22.5 Å². The van der Waals surface area contributed by atoms with E-state index >= 15 is 0 Å². The van der Waals surface area contributed by atoms with Crippen molar-refractivity contribution in [3.8, 4) is 5.88 Å². The van der Waals surface area contributed by atoms with Crippen LogP contribution >= 0.6 is 0 Å². The second-order valence-corrected chi connectivity index (χ2v) is 5.11. The van der Waals surface area contributed by atoms with E-state index in [-0.39, 0.29) is 37.3 Å². The van der Waals surface area contributed by atoms with Gasteiger partial charge < -0.3 is 4.74 Å². The lowest BCUT2D eigenvalue weighted by molar-refractivity contribution is -0.185. The zero-order valence-corrected chi connectivity index (χ0v) is 11.3. The Labute approximate surface area is 114 Å². The average Bonchev–Trinajstić information content (AvgIpc) is 2.35. The predicted molar refractivity (Wildman–Crippen MR) is 63.9 cm³/mol. The molecule has 1 heterocycles. The molecule has 1 fully saturated rings. The fourth-order valence-electron chi connectivity index (χ4n) is 2.41. The standard InChI is InChI=1S/C13H16F4N2O/c1-7-11(14)12(19-8(2)18-7)20-10-5-3-9(4-6-10)13(15,16)17/h9-10H,3-6H2,1-2H3. The minimum atomic E-state index is -4.15. The average molecular weight is 292 g/mol. The maximum absolute atomic E-state index is 13.8. The van der Waals surface area contributed by atoms with Crippen LogP contribution in [-0.2, 0) is 0 Å². The molecule has 0 amide bonds. The van der Waals surface area contributed by atoms with E-state index in [1.54, 1.807) is 6.92 Å². The summed E-state index contributed by atoms with van der Waals surface area (Å²) in [5, 5.41) is 0. The van der Waals surface area contributed by atoms with Crippen molar-refractivity contribution >= 4 is 0 Å². The van der Waals surface area contributed by atoms with E-state index in [1.165, 1.54) is 6.92 Å². The minimum absolute atomic E-state index is 0.0127. The quantitative estimate of drug-likeness (QED) is 0.779. The summed E-state index contributed by atoms with van der Waals surface area (Å²) in [6, 6.07) is 0. The highest BCUT2D eigenvalue weighted by molar-refractivity contribution is 5.18. The molecule has 1 saturated carbocycles. The van der Waals surface area contributed by atoms with Crippen molar-refractivity contribution in [3.63, 3.8) is 0 Å². The highest BCUT2D eigenvalue weighted by Gasteiger charge is 2.41. The van der Waals surface area contributed by atoms with E-state index in [4.69, 9.17) is 4.74 Å². The van der Waals surface area contributed by atoms with E-state index < -0.39 is 24.0 Å². The number of alkyl halides is 3. The van der Waals surface area contributed by atoms with Gasteiger partial charge in [0, 0.05) is 0 Å². The van der Waals surface area contributed by atoms with Gasteiger partial charge in [-0.15, -0.1) is 0 Å². The summed E-state index contributed by atoms with van der Waals surface area (Å²) in [5.74, 6) is -1.71. The van der Waals surface area contributed by atoms with Gasteiger partial charge in [0.25, 0.3) is 5.88 Å². The van der Waals surface area contributed by atoms with Crippen LogP contribution in [0.1, 0.15) is 37.2 Å². The minimum Gasteiger partial charge on any atom is -0.472 e. The van der Waals surface area contributed by atoms with Gasteiger partial charge in [-0.1, -0.05) is 0 Å². The SMILES string of the molecule is Cc1nc(C)c(F)c(OC2CCC(C(F)(F)F)CC2)n1. The molecule has 1 aromatic rings. The van der Waals surface area contributed by atoms with E-state index in [0.29, 0.717) is 5.82 Å². The van der Waals surface area contributed by atoms with Crippen molar-refractivity contribution in [2.24, 2.45) is 5.92 Å². The molecule has 0 aromatic carbocycles. The first-order valence-electron chi connectivity index (χ1n) is 6.51. The summed E-state index contributed by atoms with van der Waals surface area (Å²) >= 11 is 0. The second-order valence-electron chi connectivity index (χ2n) is 5.11. The zero-order chi connectivity index (χ0) is 14.9. The molecule has 112 valence electrons. The summed E-state index contributed by atoms with van der Waals surface area (Å²) in [5.41, 5.74) is 0.177. The Balaban J connectivity index is 2.00. The molecular formula is C13H16F4N2O. The first kappa shape index (κ1) is 15.0. The Morgan fingerprint density at radius 3 is 2.20 bits per heavy atom. The first-order chi connectivity index (χ1) is 9.27. The fraction of sp³-hybridized carbons (Fsp3) is 0.692. The number of halogens is 4. The van der Waals surface area contributed by atoms with E-state index in [1.807, 2.05) is 0 Å². The maximum atomic E-state index is 13.8. The van der Waals surface area contributed by atoms with Crippen molar-refractivity contribution in [2.75, 3.05) is 0 Å². The summed E-state index contributed by atoms with van der Waals surface area (Å²) in [6.45, 7) is 3.11. The molecule has 7 heteroatoms. The van der Waals surface area contributed by atoms with Crippen LogP contribution in [-0.4, -0.2) is 22.2 Å². The van der Waals surface area contributed by atoms with Gasteiger partial charge in [0.1, 0.15) is 11.9 Å². The molecule has 0 saturated heterocycles. The lowest BCUT2D eigenvalue weighted by Gasteiger charge is -2.29. The molecule has 1 aromatic heterocycles. The van der Waals surface area contributed by atoms with Gasteiger partial charge >= 0.3 is 6.18 Å². The number of ether oxygens (including phenoxy) is 1. The monoisotopic (exact) mass is 292 g/mol. The normalized spacial score (nSPS) is 23.7. The molecule has 0 bridgehead atoms. The van der Waals surface area contributed by atoms with Crippen LogP contribution in [0.3, 0.4) is 0 Å². The highest BCUT2D eigenvalue weighted by atomic mass is 19.4. The van der Waals surface area contributed by atoms with E-state index in [9.17, 15) is 17.6 Å². The Morgan fingerprint density at radius 1 is 1.05 bits per heavy atom. The lowest BCUT2D eigenvalue weighted by atomic mass is 9.87. The number of rotatable bonds is 2. The summed E-state index contributed by atoms with van der Waals surface area (Å²) in [7, 11) is 0. The second kappa shape index (κ2) is 5.54. The van der Waals surface area contributed by atoms with Crippen molar-refractivity contribution in [2.45, 2.75) is 51.8 Å². The predicted octanol–water partition coefficient (Wildman–Crippen LogP) is 3.73. The van der Waals surface area contributed by atoms with Crippen LogP contribution in [0.15, 0.2) is 0 Å². The maximum Gasteiger partial charge on any atom is 0.391 e. The third kappa shape index (κ3) is 3.37. The van der Waals surface area contributed by atoms with Gasteiger partial charge in [0.15, 0.2) is 0 Å². The number of hydrogen-bond donors (Lipinski definition) is 0. The molecule has 0 N–H and O–H groups in total. The molecule has 1 aliphatic carbocycles.